The summed E-state index contributed by atoms with van der Waals surface area (Å²) in [5.74, 6) is 2.29. The van der Waals surface area contributed by atoms with E-state index < -0.39 is 0 Å². The topological polar surface area (TPSA) is 75.0 Å². The number of para-hydroxylation sites is 2. The largest absolute Gasteiger partial charge is 0.486 e. The lowest BCUT2D eigenvalue weighted by Crippen LogP contribution is -2.52. The number of likely N-dealkylation sites (tertiary alicyclic amines) is 1. The van der Waals surface area contributed by atoms with Gasteiger partial charge in [-0.15, -0.1) is 0 Å². The number of carbonyl (C=O) groups excluding carboxylic acids is 2. The van der Waals surface area contributed by atoms with E-state index in [1.165, 1.54) is 0 Å². The second-order valence-electron chi connectivity index (χ2n) is 8.00. The number of anilines is 1. The Morgan fingerprint density at radius 3 is 2.60 bits per heavy atom. The molecular weight excluding hydrogens is 382 g/mol. The number of hydrogen-bond acceptors (Lipinski definition) is 4. The Morgan fingerprint density at radius 1 is 1.13 bits per heavy atom. The standard InChI is InChI=1S/C23H29N3O4/c1-3-18-15-26(20-6-4-5-7-21(20)30-18)23(28)25-12-10-17(11-13-25)22(27)24-14-19-9-8-16(2)29-19/h4-9,17-18H,3,10-15H2,1-2H3,(H,24,27). The maximum Gasteiger partial charge on any atom is 0.324 e. The van der Waals surface area contributed by atoms with Crippen LogP contribution < -0.4 is 15.0 Å². The van der Waals surface area contributed by atoms with Gasteiger partial charge in [-0.25, -0.2) is 4.79 Å². The molecule has 1 fully saturated rings. The summed E-state index contributed by atoms with van der Waals surface area (Å²) in [5.41, 5.74) is 0.820. The predicted molar refractivity (Wildman–Crippen MR) is 113 cm³/mol. The van der Waals surface area contributed by atoms with Gasteiger partial charge in [0.2, 0.25) is 5.91 Å². The maximum atomic E-state index is 13.3. The molecule has 7 heteroatoms. The third kappa shape index (κ3) is 4.30. The highest BCUT2D eigenvalue weighted by Gasteiger charge is 2.34. The third-order valence-electron chi connectivity index (χ3n) is 5.89. The molecule has 2 aromatic rings. The summed E-state index contributed by atoms with van der Waals surface area (Å²) in [6, 6.07) is 11.4. The zero-order valence-electron chi connectivity index (χ0n) is 17.6. The molecule has 1 N–H and O–H groups in total. The molecule has 1 unspecified atom stereocenters. The van der Waals surface area contributed by atoms with E-state index in [1.807, 2.05) is 53.1 Å². The summed E-state index contributed by atoms with van der Waals surface area (Å²) < 4.78 is 11.5. The van der Waals surface area contributed by atoms with Crippen LogP contribution in [-0.4, -0.2) is 42.6 Å². The molecule has 3 heterocycles. The Kier molecular flexibility index (Phi) is 5.97. The van der Waals surface area contributed by atoms with Crippen LogP contribution in [0, 0.1) is 12.8 Å². The van der Waals surface area contributed by atoms with E-state index in [4.69, 9.17) is 9.15 Å². The first kappa shape index (κ1) is 20.3. The second kappa shape index (κ2) is 8.81. The Hall–Kier alpha value is -2.96. The lowest BCUT2D eigenvalue weighted by Gasteiger charge is -2.39. The normalized spacial score (nSPS) is 19.2. The molecular formula is C23H29N3O4. The number of carbonyl (C=O) groups is 2. The smallest absolute Gasteiger partial charge is 0.324 e. The summed E-state index contributed by atoms with van der Waals surface area (Å²) in [6.07, 6.45) is 2.17. The summed E-state index contributed by atoms with van der Waals surface area (Å²) in [7, 11) is 0. The molecule has 1 atom stereocenters. The number of hydrogen-bond donors (Lipinski definition) is 1. The number of fused-ring (bicyclic) bond motifs is 1. The number of ether oxygens (including phenoxy) is 1. The number of nitrogens with one attached hydrogen (secondary N) is 1. The van der Waals surface area contributed by atoms with Crippen molar-refractivity contribution in [2.75, 3.05) is 24.5 Å². The van der Waals surface area contributed by atoms with Crippen LogP contribution in [-0.2, 0) is 11.3 Å². The number of rotatable bonds is 4. The fraction of sp³-hybridized carbons (Fsp3) is 0.478. The van der Waals surface area contributed by atoms with Gasteiger partial charge in [-0.3, -0.25) is 9.69 Å². The first-order valence-corrected chi connectivity index (χ1v) is 10.7. The molecule has 0 aliphatic carbocycles. The molecule has 160 valence electrons. The molecule has 1 saturated heterocycles. The van der Waals surface area contributed by atoms with Crippen LogP contribution in [0.3, 0.4) is 0 Å². The fourth-order valence-electron chi connectivity index (χ4n) is 4.09. The molecule has 2 aliphatic heterocycles. The Bertz CT molecular complexity index is 901. The summed E-state index contributed by atoms with van der Waals surface area (Å²) in [4.78, 5) is 29.5. The van der Waals surface area contributed by atoms with Crippen molar-refractivity contribution in [2.24, 2.45) is 5.92 Å². The monoisotopic (exact) mass is 411 g/mol. The van der Waals surface area contributed by atoms with Crippen LogP contribution in [0.2, 0.25) is 0 Å². The van der Waals surface area contributed by atoms with Crippen molar-refractivity contribution < 1.29 is 18.7 Å². The van der Waals surface area contributed by atoms with Crippen molar-refractivity contribution in [3.8, 4) is 5.75 Å². The number of benzene rings is 1. The van der Waals surface area contributed by atoms with Crippen molar-refractivity contribution in [3.63, 3.8) is 0 Å². The van der Waals surface area contributed by atoms with Crippen molar-refractivity contribution in [3.05, 3.63) is 47.9 Å². The molecule has 0 bridgehead atoms. The predicted octanol–water partition coefficient (Wildman–Crippen LogP) is 3.71. The number of amides is 3. The first-order chi connectivity index (χ1) is 14.5. The lowest BCUT2D eigenvalue weighted by molar-refractivity contribution is -0.126. The van der Waals surface area contributed by atoms with E-state index in [1.54, 1.807) is 0 Å². The highest BCUT2D eigenvalue weighted by Crippen LogP contribution is 2.35. The minimum atomic E-state index is -0.0783. The van der Waals surface area contributed by atoms with Crippen molar-refractivity contribution >= 4 is 17.6 Å². The van der Waals surface area contributed by atoms with Crippen molar-refractivity contribution in [1.82, 2.24) is 10.2 Å². The van der Waals surface area contributed by atoms with Gasteiger partial charge in [0.05, 0.1) is 18.8 Å². The molecule has 1 aromatic carbocycles. The molecule has 0 spiro atoms. The Labute approximate surface area is 177 Å². The van der Waals surface area contributed by atoms with Gasteiger partial charge in [0, 0.05) is 19.0 Å². The molecule has 7 nitrogen and oxygen atoms in total. The summed E-state index contributed by atoms with van der Waals surface area (Å²) in [5, 5.41) is 2.95. The van der Waals surface area contributed by atoms with E-state index in [0.29, 0.717) is 39.0 Å². The second-order valence-corrected chi connectivity index (χ2v) is 8.00. The zero-order chi connectivity index (χ0) is 21.1. The van der Waals surface area contributed by atoms with E-state index >= 15 is 0 Å². The first-order valence-electron chi connectivity index (χ1n) is 10.7. The number of aryl methyl sites for hydroxylation is 1. The minimum absolute atomic E-state index is 0.00240. The van der Waals surface area contributed by atoms with E-state index in [2.05, 4.69) is 12.2 Å². The van der Waals surface area contributed by atoms with Gasteiger partial charge >= 0.3 is 6.03 Å². The SMILES string of the molecule is CCC1CN(C(=O)N2CCC(C(=O)NCc3ccc(C)o3)CC2)c2ccccc2O1. The van der Waals surface area contributed by atoms with E-state index in [0.717, 1.165) is 29.4 Å². The molecule has 30 heavy (non-hydrogen) atoms. The number of furan rings is 1. The third-order valence-corrected chi connectivity index (χ3v) is 5.89. The minimum Gasteiger partial charge on any atom is -0.486 e. The highest BCUT2D eigenvalue weighted by molar-refractivity contribution is 5.94. The fourth-order valence-corrected chi connectivity index (χ4v) is 4.09. The zero-order valence-corrected chi connectivity index (χ0v) is 17.6. The number of nitrogens with zero attached hydrogens (tertiary/aromatic N) is 2. The molecule has 0 saturated carbocycles. The lowest BCUT2D eigenvalue weighted by atomic mass is 9.96. The van der Waals surface area contributed by atoms with Crippen LogP contribution >= 0.6 is 0 Å². The molecule has 3 amide bonds. The van der Waals surface area contributed by atoms with Gasteiger partial charge in [-0.05, 0) is 50.5 Å². The van der Waals surface area contributed by atoms with Crippen LogP contribution in [0.25, 0.3) is 0 Å². The van der Waals surface area contributed by atoms with Gasteiger partial charge < -0.3 is 19.4 Å². The van der Waals surface area contributed by atoms with Crippen molar-refractivity contribution in [2.45, 2.75) is 45.8 Å². The van der Waals surface area contributed by atoms with Crippen LogP contribution in [0.15, 0.2) is 40.8 Å². The van der Waals surface area contributed by atoms with Crippen molar-refractivity contribution in [1.29, 1.82) is 0 Å². The molecule has 0 radical (unpaired) electrons. The average Bonchev–Trinajstić information content (AvgIpc) is 3.21. The summed E-state index contributed by atoms with van der Waals surface area (Å²) >= 11 is 0. The number of piperidine rings is 1. The van der Waals surface area contributed by atoms with E-state index in [-0.39, 0.29) is 24.0 Å². The van der Waals surface area contributed by atoms with Gasteiger partial charge in [-0.1, -0.05) is 19.1 Å². The van der Waals surface area contributed by atoms with Gasteiger partial charge in [-0.2, -0.15) is 0 Å². The van der Waals surface area contributed by atoms with Gasteiger partial charge in [0.1, 0.15) is 23.4 Å². The maximum absolute atomic E-state index is 13.3. The van der Waals surface area contributed by atoms with Gasteiger partial charge in [0.15, 0.2) is 0 Å². The highest BCUT2D eigenvalue weighted by atomic mass is 16.5. The molecule has 1 aromatic heterocycles. The van der Waals surface area contributed by atoms with E-state index in [9.17, 15) is 9.59 Å². The Morgan fingerprint density at radius 2 is 1.90 bits per heavy atom. The summed E-state index contributed by atoms with van der Waals surface area (Å²) in [6.45, 7) is 6.05. The van der Waals surface area contributed by atoms with Crippen LogP contribution in [0.4, 0.5) is 10.5 Å². The molecule has 4 rings (SSSR count). The Balaban J connectivity index is 1.33. The quantitative estimate of drug-likeness (QED) is 0.832. The van der Waals surface area contributed by atoms with Crippen LogP contribution in [0.1, 0.15) is 37.7 Å². The average molecular weight is 412 g/mol. The van der Waals surface area contributed by atoms with Crippen LogP contribution in [0.5, 0.6) is 5.75 Å². The van der Waals surface area contributed by atoms with Gasteiger partial charge in [0.25, 0.3) is 0 Å². The molecule has 2 aliphatic rings. The number of urea groups is 1.